The fraction of sp³-hybridized carbons (Fsp3) is 0.263. The third-order valence-corrected chi connectivity index (χ3v) is 3.31. The second-order valence-corrected chi connectivity index (χ2v) is 5.42. The minimum Gasteiger partial charge on any atom is -0.491 e. The first-order valence-electron chi connectivity index (χ1n) is 8.00. The van der Waals surface area contributed by atoms with Crippen molar-refractivity contribution in [2.24, 2.45) is 0 Å². The standard InChI is InChI=1S/C19H21NO6/c1-24-12-14-9-15(19(22)23)11-16(10-14)20-18(21)13-25-7-8-26-17-5-3-2-4-6-17/h2-6,9-11H,7-8,12-13H2,1H3,(H,20,21)(H,22,23). The van der Waals surface area contributed by atoms with Gasteiger partial charge < -0.3 is 24.6 Å². The van der Waals surface area contributed by atoms with Gasteiger partial charge in [-0.15, -0.1) is 0 Å². The Kier molecular flexibility index (Phi) is 7.60. The molecule has 7 nitrogen and oxygen atoms in total. The molecule has 0 aliphatic heterocycles. The third kappa shape index (κ3) is 6.54. The molecule has 0 heterocycles. The van der Waals surface area contributed by atoms with Crippen LogP contribution in [0.4, 0.5) is 5.69 Å². The number of nitrogens with one attached hydrogen (secondary N) is 1. The van der Waals surface area contributed by atoms with Crippen molar-refractivity contribution in [1.29, 1.82) is 0 Å². The molecule has 0 bridgehead atoms. The van der Waals surface area contributed by atoms with Crippen molar-refractivity contribution < 1.29 is 28.9 Å². The first-order chi connectivity index (χ1) is 12.6. The molecule has 0 spiro atoms. The smallest absolute Gasteiger partial charge is 0.335 e. The van der Waals surface area contributed by atoms with Crippen molar-refractivity contribution >= 4 is 17.6 Å². The molecule has 0 atom stereocenters. The number of para-hydroxylation sites is 1. The zero-order valence-electron chi connectivity index (χ0n) is 14.4. The number of aromatic carboxylic acids is 1. The largest absolute Gasteiger partial charge is 0.491 e. The quantitative estimate of drug-likeness (QED) is 0.633. The summed E-state index contributed by atoms with van der Waals surface area (Å²) in [5, 5.41) is 11.8. The number of rotatable bonds is 10. The number of hydrogen-bond donors (Lipinski definition) is 2. The van der Waals surface area contributed by atoms with Gasteiger partial charge in [0.2, 0.25) is 5.91 Å². The SMILES string of the molecule is COCc1cc(NC(=O)COCCOc2ccccc2)cc(C(=O)O)c1. The summed E-state index contributed by atoms with van der Waals surface area (Å²) >= 11 is 0. The first kappa shape index (κ1) is 19.4. The van der Waals surface area contributed by atoms with Crippen molar-refractivity contribution in [2.45, 2.75) is 6.61 Å². The maximum absolute atomic E-state index is 11.9. The average Bonchev–Trinajstić information content (AvgIpc) is 2.62. The second-order valence-electron chi connectivity index (χ2n) is 5.42. The van der Waals surface area contributed by atoms with E-state index in [2.05, 4.69) is 5.32 Å². The van der Waals surface area contributed by atoms with Gasteiger partial charge in [0, 0.05) is 12.8 Å². The van der Waals surface area contributed by atoms with Crippen molar-refractivity contribution in [3.05, 3.63) is 59.7 Å². The van der Waals surface area contributed by atoms with Crippen molar-refractivity contribution in [2.75, 3.05) is 32.2 Å². The predicted octanol–water partition coefficient (Wildman–Crippen LogP) is 2.57. The van der Waals surface area contributed by atoms with E-state index in [-0.39, 0.29) is 31.3 Å². The van der Waals surface area contributed by atoms with Crippen molar-refractivity contribution in [1.82, 2.24) is 0 Å². The number of methoxy groups -OCH3 is 1. The zero-order valence-corrected chi connectivity index (χ0v) is 14.4. The molecule has 26 heavy (non-hydrogen) atoms. The Labute approximate surface area is 151 Å². The maximum Gasteiger partial charge on any atom is 0.335 e. The summed E-state index contributed by atoms with van der Waals surface area (Å²) in [7, 11) is 1.51. The van der Waals surface area contributed by atoms with Gasteiger partial charge in [-0.3, -0.25) is 4.79 Å². The van der Waals surface area contributed by atoms with Gasteiger partial charge in [0.25, 0.3) is 0 Å². The molecule has 7 heteroatoms. The van der Waals surface area contributed by atoms with Crippen LogP contribution in [0.2, 0.25) is 0 Å². The van der Waals surface area contributed by atoms with Crippen LogP contribution in [0.15, 0.2) is 48.5 Å². The number of carboxylic acids is 1. The van der Waals surface area contributed by atoms with E-state index in [1.165, 1.54) is 19.2 Å². The summed E-state index contributed by atoms with van der Waals surface area (Å²) in [6, 6.07) is 13.8. The summed E-state index contributed by atoms with van der Waals surface area (Å²) in [5.74, 6) is -0.722. The summed E-state index contributed by atoms with van der Waals surface area (Å²) < 4.78 is 15.7. The Hall–Kier alpha value is -2.90. The van der Waals surface area contributed by atoms with E-state index in [4.69, 9.17) is 19.3 Å². The molecule has 2 rings (SSSR count). The number of anilines is 1. The van der Waals surface area contributed by atoms with E-state index < -0.39 is 5.97 Å². The number of carbonyl (C=O) groups excluding carboxylic acids is 1. The van der Waals surface area contributed by atoms with Crippen LogP contribution in [-0.4, -0.2) is 43.9 Å². The molecule has 0 aromatic heterocycles. The molecule has 1 amide bonds. The molecule has 0 radical (unpaired) electrons. The molecule has 0 saturated heterocycles. The lowest BCUT2D eigenvalue weighted by atomic mass is 10.1. The van der Waals surface area contributed by atoms with Gasteiger partial charge in [-0.25, -0.2) is 4.79 Å². The van der Waals surface area contributed by atoms with Gasteiger partial charge in [-0.1, -0.05) is 18.2 Å². The van der Waals surface area contributed by atoms with Crippen molar-refractivity contribution in [3.8, 4) is 5.75 Å². The van der Waals surface area contributed by atoms with E-state index in [0.29, 0.717) is 17.9 Å². The number of carboxylic acid groups (broad SMARTS) is 1. The number of ether oxygens (including phenoxy) is 3. The summed E-state index contributed by atoms with van der Waals surface area (Å²) in [4.78, 5) is 23.1. The van der Waals surface area contributed by atoms with Crippen LogP contribution < -0.4 is 10.1 Å². The normalized spacial score (nSPS) is 10.3. The van der Waals surface area contributed by atoms with Crippen LogP contribution in [0.25, 0.3) is 0 Å². The van der Waals surface area contributed by atoms with Gasteiger partial charge in [0.15, 0.2) is 0 Å². The van der Waals surface area contributed by atoms with Crippen LogP contribution in [0.1, 0.15) is 15.9 Å². The van der Waals surface area contributed by atoms with Gasteiger partial charge in [0.1, 0.15) is 19.0 Å². The van der Waals surface area contributed by atoms with E-state index >= 15 is 0 Å². The van der Waals surface area contributed by atoms with E-state index in [9.17, 15) is 9.59 Å². The highest BCUT2D eigenvalue weighted by atomic mass is 16.5. The van der Waals surface area contributed by atoms with Gasteiger partial charge in [0.05, 0.1) is 18.8 Å². The lowest BCUT2D eigenvalue weighted by Crippen LogP contribution is -2.20. The van der Waals surface area contributed by atoms with Gasteiger partial charge in [-0.2, -0.15) is 0 Å². The van der Waals surface area contributed by atoms with Crippen LogP contribution in [0.3, 0.4) is 0 Å². The lowest BCUT2D eigenvalue weighted by Gasteiger charge is -2.10. The molecule has 138 valence electrons. The van der Waals surface area contributed by atoms with Crippen LogP contribution in [-0.2, 0) is 20.9 Å². The molecule has 0 aliphatic carbocycles. The Bertz CT molecular complexity index is 732. The number of benzene rings is 2. The third-order valence-electron chi connectivity index (χ3n) is 3.31. The Morgan fingerprint density at radius 2 is 1.85 bits per heavy atom. The molecule has 0 saturated carbocycles. The number of hydrogen-bond acceptors (Lipinski definition) is 5. The average molecular weight is 359 g/mol. The first-order valence-corrected chi connectivity index (χ1v) is 8.00. The van der Waals surface area contributed by atoms with E-state index in [1.54, 1.807) is 6.07 Å². The van der Waals surface area contributed by atoms with Gasteiger partial charge >= 0.3 is 5.97 Å². The molecular weight excluding hydrogens is 338 g/mol. The molecular formula is C19H21NO6. The Morgan fingerprint density at radius 1 is 1.08 bits per heavy atom. The molecule has 0 fully saturated rings. The zero-order chi connectivity index (χ0) is 18.8. The monoisotopic (exact) mass is 359 g/mol. The molecule has 0 aliphatic rings. The highest BCUT2D eigenvalue weighted by molar-refractivity contribution is 5.94. The Morgan fingerprint density at radius 3 is 2.54 bits per heavy atom. The van der Waals surface area contributed by atoms with E-state index in [0.717, 1.165) is 5.75 Å². The topological polar surface area (TPSA) is 94.1 Å². The maximum atomic E-state index is 11.9. The highest BCUT2D eigenvalue weighted by Gasteiger charge is 2.09. The predicted molar refractivity (Wildman–Crippen MR) is 95.5 cm³/mol. The lowest BCUT2D eigenvalue weighted by molar-refractivity contribution is -0.120. The minimum atomic E-state index is -1.08. The number of carbonyl (C=O) groups is 2. The second kappa shape index (κ2) is 10.2. The van der Waals surface area contributed by atoms with Crippen LogP contribution in [0.5, 0.6) is 5.75 Å². The molecule has 2 aromatic rings. The highest BCUT2D eigenvalue weighted by Crippen LogP contribution is 2.16. The van der Waals surface area contributed by atoms with Crippen LogP contribution >= 0.6 is 0 Å². The van der Waals surface area contributed by atoms with Crippen LogP contribution in [0, 0.1) is 0 Å². The number of amides is 1. The van der Waals surface area contributed by atoms with E-state index in [1.807, 2.05) is 30.3 Å². The summed E-state index contributed by atoms with van der Waals surface area (Å²) in [6.45, 7) is 0.669. The summed E-state index contributed by atoms with van der Waals surface area (Å²) in [5.41, 5.74) is 1.11. The fourth-order valence-electron chi connectivity index (χ4n) is 2.23. The minimum absolute atomic E-state index is 0.0760. The summed E-state index contributed by atoms with van der Waals surface area (Å²) in [6.07, 6.45) is 0. The Balaban J connectivity index is 1.78. The fourth-order valence-corrected chi connectivity index (χ4v) is 2.23. The molecule has 0 unspecified atom stereocenters. The molecule has 2 N–H and O–H groups in total. The van der Waals surface area contributed by atoms with Crippen molar-refractivity contribution in [3.63, 3.8) is 0 Å². The molecule has 2 aromatic carbocycles. The van der Waals surface area contributed by atoms with Gasteiger partial charge in [-0.05, 0) is 35.9 Å².